The quantitative estimate of drug-likeness (QED) is 0.714. The third-order valence-electron chi connectivity index (χ3n) is 5.49. The van der Waals surface area contributed by atoms with E-state index in [1.54, 1.807) is 5.56 Å². The van der Waals surface area contributed by atoms with Crippen molar-refractivity contribution < 1.29 is 4.74 Å². The van der Waals surface area contributed by atoms with Crippen LogP contribution in [-0.4, -0.2) is 11.9 Å². The minimum atomic E-state index is 0.530. The van der Waals surface area contributed by atoms with Crippen LogP contribution >= 0.6 is 12.6 Å². The third kappa shape index (κ3) is 2.48. The van der Waals surface area contributed by atoms with Gasteiger partial charge in [0, 0.05) is 11.2 Å². The second-order valence-electron chi connectivity index (χ2n) is 7.05. The summed E-state index contributed by atoms with van der Waals surface area (Å²) in [5.74, 6) is 3.14. The van der Waals surface area contributed by atoms with E-state index in [0.717, 1.165) is 30.6 Å². The fourth-order valence-electron chi connectivity index (χ4n) is 4.38. The molecule has 4 atom stereocenters. The number of hydrogen-bond acceptors (Lipinski definition) is 2. The highest BCUT2D eigenvalue weighted by atomic mass is 32.1. The largest absolute Gasteiger partial charge is 0.494 e. The highest BCUT2D eigenvalue weighted by Crippen LogP contribution is 2.60. The lowest BCUT2D eigenvalue weighted by molar-refractivity contribution is 0.317. The van der Waals surface area contributed by atoms with E-state index in [0.29, 0.717) is 11.2 Å². The zero-order valence-electron chi connectivity index (χ0n) is 13.8. The molecule has 2 heteroatoms. The lowest BCUT2D eigenvalue weighted by Gasteiger charge is -2.38. The van der Waals surface area contributed by atoms with Gasteiger partial charge < -0.3 is 4.74 Å². The van der Waals surface area contributed by atoms with Gasteiger partial charge in [0.15, 0.2) is 0 Å². The molecule has 0 saturated heterocycles. The van der Waals surface area contributed by atoms with Crippen LogP contribution in [0.3, 0.4) is 0 Å². The molecule has 2 aromatic carbocycles. The Morgan fingerprint density at radius 2 is 1.74 bits per heavy atom. The lowest BCUT2D eigenvalue weighted by atomic mass is 9.67. The second-order valence-corrected chi connectivity index (χ2v) is 7.71. The fraction of sp³-hybridized carbons (Fsp3) is 0.429. The normalized spacial score (nSPS) is 28.0. The van der Waals surface area contributed by atoms with Crippen molar-refractivity contribution in [1.82, 2.24) is 0 Å². The highest BCUT2D eigenvalue weighted by Gasteiger charge is 2.49. The number of thiol groups is 1. The first-order valence-electron chi connectivity index (χ1n) is 8.74. The molecule has 2 aromatic rings. The molecule has 4 unspecified atom stereocenters. The van der Waals surface area contributed by atoms with Crippen molar-refractivity contribution in [2.45, 2.75) is 43.8 Å². The number of hydrogen-bond donors (Lipinski definition) is 1. The van der Waals surface area contributed by atoms with E-state index >= 15 is 0 Å². The van der Waals surface area contributed by atoms with Crippen LogP contribution in [-0.2, 0) is 0 Å². The molecule has 0 amide bonds. The van der Waals surface area contributed by atoms with Gasteiger partial charge in [0.05, 0.1) is 6.61 Å². The number of fused-ring (bicyclic) bond motifs is 4. The van der Waals surface area contributed by atoms with Crippen LogP contribution in [0.2, 0.25) is 0 Å². The summed E-state index contributed by atoms with van der Waals surface area (Å²) in [5, 5.41) is 0.530. The van der Waals surface area contributed by atoms with Crippen molar-refractivity contribution in [3.05, 3.63) is 53.6 Å². The van der Waals surface area contributed by atoms with Crippen molar-refractivity contribution in [2.75, 3.05) is 6.61 Å². The van der Waals surface area contributed by atoms with Gasteiger partial charge >= 0.3 is 0 Å². The Balaban J connectivity index is 1.60. The molecule has 2 aliphatic rings. The summed E-state index contributed by atoms with van der Waals surface area (Å²) in [6.07, 6.45) is 2.28. The van der Waals surface area contributed by atoms with Crippen LogP contribution in [0.1, 0.15) is 49.7 Å². The number of ether oxygens (including phenoxy) is 1. The van der Waals surface area contributed by atoms with Gasteiger partial charge in [-0.25, -0.2) is 0 Å². The lowest BCUT2D eigenvalue weighted by Crippen LogP contribution is -2.26. The van der Waals surface area contributed by atoms with Gasteiger partial charge in [-0.3, -0.25) is 0 Å². The summed E-state index contributed by atoms with van der Waals surface area (Å²) >= 11 is 4.83. The van der Waals surface area contributed by atoms with E-state index in [9.17, 15) is 0 Å². The molecule has 2 aliphatic carbocycles. The zero-order valence-corrected chi connectivity index (χ0v) is 14.7. The maximum Gasteiger partial charge on any atom is 0.119 e. The SMILES string of the molecule is CCCOc1ccc(-c2ccc3c(c2)C2C(S)CC(C)C32)cc1. The molecule has 23 heavy (non-hydrogen) atoms. The highest BCUT2D eigenvalue weighted by molar-refractivity contribution is 7.81. The van der Waals surface area contributed by atoms with Crippen molar-refractivity contribution in [2.24, 2.45) is 5.92 Å². The molecule has 0 aliphatic heterocycles. The molecule has 0 bridgehead atoms. The summed E-state index contributed by atoms with van der Waals surface area (Å²) < 4.78 is 5.67. The Morgan fingerprint density at radius 3 is 2.48 bits per heavy atom. The van der Waals surface area contributed by atoms with E-state index < -0.39 is 0 Å². The van der Waals surface area contributed by atoms with Crippen LogP contribution in [0.15, 0.2) is 42.5 Å². The van der Waals surface area contributed by atoms with Gasteiger partial charge in [-0.05, 0) is 59.1 Å². The second kappa shape index (κ2) is 5.90. The minimum Gasteiger partial charge on any atom is -0.494 e. The zero-order chi connectivity index (χ0) is 16.0. The topological polar surface area (TPSA) is 9.23 Å². The Labute approximate surface area is 144 Å². The summed E-state index contributed by atoms with van der Waals surface area (Å²) in [4.78, 5) is 0. The van der Waals surface area contributed by atoms with Crippen LogP contribution in [0.5, 0.6) is 5.75 Å². The van der Waals surface area contributed by atoms with Gasteiger partial charge in [-0.1, -0.05) is 44.2 Å². The predicted molar refractivity (Wildman–Crippen MR) is 99.7 cm³/mol. The monoisotopic (exact) mass is 324 g/mol. The van der Waals surface area contributed by atoms with Crippen LogP contribution < -0.4 is 4.74 Å². The molecular formula is C21H24OS. The summed E-state index contributed by atoms with van der Waals surface area (Å²) in [6, 6.07) is 15.5. The van der Waals surface area contributed by atoms with E-state index in [1.165, 1.54) is 23.1 Å². The Kier molecular flexibility index (Phi) is 3.88. The Bertz CT molecular complexity index is 706. The molecule has 0 heterocycles. The molecular weight excluding hydrogens is 300 g/mol. The molecule has 4 rings (SSSR count). The molecule has 1 saturated carbocycles. The predicted octanol–water partition coefficient (Wildman–Crippen LogP) is 5.66. The average Bonchev–Trinajstić information content (AvgIpc) is 2.80. The van der Waals surface area contributed by atoms with E-state index in [-0.39, 0.29) is 0 Å². The summed E-state index contributed by atoms with van der Waals surface area (Å²) in [6.45, 7) is 5.28. The summed E-state index contributed by atoms with van der Waals surface area (Å²) in [7, 11) is 0. The molecule has 0 N–H and O–H groups in total. The Morgan fingerprint density at radius 1 is 1.00 bits per heavy atom. The van der Waals surface area contributed by atoms with Crippen molar-refractivity contribution >= 4 is 12.6 Å². The molecule has 0 radical (unpaired) electrons. The first-order valence-corrected chi connectivity index (χ1v) is 9.26. The van der Waals surface area contributed by atoms with E-state index in [2.05, 4.69) is 56.3 Å². The first kappa shape index (κ1) is 15.1. The maximum absolute atomic E-state index is 5.67. The minimum absolute atomic E-state index is 0.530. The molecule has 0 aromatic heterocycles. The third-order valence-corrected chi connectivity index (χ3v) is 6.03. The molecule has 0 spiro atoms. The maximum atomic E-state index is 5.67. The fourth-order valence-corrected chi connectivity index (χ4v) is 5.06. The van der Waals surface area contributed by atoms with Gasteiger partial charge in [0.25, 0.3) is 0 Å². The van der Waals surface area contributed by atoms with Gasteiger partial charge in [-0.15, -0.1) is 0 Å². The summed E-state index contributed by atoms with van der Waals surface area (Å²) in [5.41, 5.74) is 5.67. The van der Waals surface area contributed by atoms with Crippen molar-refractivity contribution in [3.8, 4) is 16.9 Å². The molecule has 1 fully saturated rings. The molecule has 120 valence electrons. The smallest absolute Gasteiger partial charge is 0.119 e. The van der Waals surface area contributed by atoms with Crippen LogP contribution in [0.4, 0.5) is 0 Å². The first-order chi connectivity index (χ1) is 11.2. The average molecular weight is 324 g/mol. The number of rotatable bonds is 4. The van der Waals surface area contributed by atoms with Crippen LogP contribution in [0.25, 0.3) is 11.1 Å². The van der Waals surface area contributed by atoms with E-state index in [1.807, 2.05) is 0 Å². The number of benzene rings is 2. The van der Waals surface area contributed by atoms with Gasteiger partial charge in [-0.2, -0.15) is 12.6 Å². The van der Waals surface area contributed by atoms with Gasteiger partial charge in [0.1, 0.15) is 5.75 Å². The standard InChI is InChI=1S/C21H24OS/c1-3-10-22-16-7-4-14(5-8-16)15-6-9-17-18(12-15)21-19(23)11-13(2)20(17)21/h4-9,12-13,19-21,23H,3,10-11H2,1-2H3. The van der Waals surface area contributed by atoms with Crippen LogP contribution in [0, 0.1) is 5.92 Å². The van der Waals surface area contributed by atoms with Crippen molar-refractivity contribution in [3.63, 3.8) is 0 Å². The van der Waals surface area contributed by atoms with Gasteiger partial charge in [0.2, 0.25) is 0 Å². The Hall–Kier alpha value is -1.41. The molecule has 1 nitrogen and oxygen atoms in total. The van der Waals surface area contributed by atoms with E-state index in [4.69, 9.17) is 17.4 Å². The van der Waals surface area contributed by atoms with Crippen molar-refractivity contribution in [1.29, 1.82) is 0 Å².